The van der Waals surface area contributed by atoms with Crippen LogP contribution in [0.4, 0.5) is 0 Å². The Kier molecular flexibility index (Phi) is 3.44. The van der Waals surface area contributed by atoms with Gasteiger partial charge in [0.25, 0.3) is 0 Å². The molecule has 0 unspecified atom stereocenters. The van der Waals surface area contributed by atoms with Gasteiger partial charge in [0.15, 0.2) is 0 Å². The Hall–Kier alpha value is -1.52. The molecule has 0 N–H and O–H groups in total. The Morgan fingerprint density at radius 1 is 1.25 bits per heavy atom. The van der Waals surface area contributed by atoms with Gasteiger partial charge in [-0.3, -0.25) is 0 Å². The minimum absolute atomic E-state index is 0.309. The highest BCUT2D eigenvalue weighted by Gasteiger charge is 2.15. The van der Waals surface area contributed by atoms with Gasteiger partial charge in [0.2, 0.25) is 5.89 Å². The molecular formula is C14H13Cl2N3O. The van der Waals surface area contributed by atoms with Gasteiger partial charge in [-0.1, -0.05) is 17.7 Å². The fraction of sp³-hybridized carbons (Fsp3) is 0.286. The van der Waals surface area contributed by atoms with Gasteiger partial charge in [0.1, 0.15) is 18.1 Å². The van der Waals surface area contributed by atoms with Gasteiger partial charge in [-0.25, -0.2) is 9.97 Å². The van der Waals surface area contributed by atoms with Crippen molar-refractivity contribution in [2.45, 2.75) is 26.3 Å². The van der Waals surface area contributed by atoms with Crippen molar-refractivity contribution in [1.82, 2.24) is 14.5 Å². The summed E-state index contributed by atoms with van der Waals surface area (Å²) >= 11 is 12.3. The topological polar surface area (TPSA) is 43.9 Å². The second-order valence-corrected chi connectivity index (χ2v) is 5.28. The molecule has 4 nitrogen and oxygen atoms in total. The van der Waals surface area contributed by atoms with Gasteiger partial charge in [-0.2, -0.15) is 0 Å². The summed E-state index contributed by atoms with van der Waals surface area (Å²) < 4.78 is 7.58. The second kappa shape index (κ2) is 5.11. The molecule has 0 saturated heterocycles. The summed E-state index contributed by atoms with van der Waals surface area (Å²) in [4.78, 5) is 8.89. The van der Waals surface area contributed by atoms with Gasteiger partial charge in [-0.05, 0) is 26.0 Å². The van der Waals surface area contributed by atoms with E-state index in [1.165, 1.54) is 0 Å². The monoisotopic (exact) mass is 309 g/mol. The highest BCUT2D eigenvalue weighted by molar-refractivity contribution is 6.35. The van der Waals surface area contributed by atoms with Crippen LogP contribution in [-0.2, 0) is 12.4 Å². The summed E-state index contributed by atoms with van der Waals surface area (Å²) in [7, 11) is 0. The number of hydrogen-bond acceptors (Lipinski definition) is 3. The molecule has 0 fully saturated rings. The molecule has 0 aliphatic heterocycles. The van der Waals surface area contributed by atoms with E-state index in [-0.39, 0.29) is 0 Å². The molecule has 3 aromatic rings. The van der Waals surface area contributed by atoms with Crippen LogP contribution in [0.15, 0.2) is 22.6 Å². The largest absolute Gasteiger partial charge is 0.444 e. The van der Waals surface area contributed by atoms with Gasteiger partial charge in [0, 0.05) is 0 Å². The predicted molar refractivity (Wildman–Crippen MR) is 79.4 cm³/mol. The second-order valence-electron chi connectivity index (χ2n) is 4.60. The third-order valence-electron chi connectivity index (χ3n) is 3.28. The summed E-state index contributed by atoms with van der Waals surface area (Å²) in [5, 5.41) is 0.645. The molecule has 2 heterocycles. The average Bonchev–Trinajstić information content (AvgIpc) is 2.92. The van der Waals surface area contributed by atoms with E-state index in [2.05, 4.69) is 9.97 Å². The Morgan fingerprint density at radius 2 is 2.05 bits per heavy atom. The molecule has 0 amide bonds. The van der Waals surface area contributed by atoms with E-state index in [4.69, 9.17) is 27.6 Å². The van der Waals surface area contributed by atoms with Crippen molar-refractivity contribution < 1.29 is 4.42 Å². The number of alkyl halides is 1. The molecule has 104 valence electrons. The molecule has 0 saturated carbocycles. The third kappa shape index (κ3) is 2.19. The summed E-state index contributed by atoms with van der Waals surface area (Å²) in [6.07, 6.45) is 0. The van der Waals surface area contributed by atoms with Gasteiger partial charge >= 0.3 is 0 Å². The smallest absolute Gasteiger partial charge is 0.214 e. The van der Waals surface area contributed by atoms with E-state index in [0.29, 0.717) is 23.3 Å². The Labute approximate surface area is 126 Å². The van der Waals surface area contributed by atoms with Crippen LogP contribution >= 0.6 is 23.2 Å². The molecular weight excluding hydrogens is 297 g/mol. The number of halogens is 2. The van der Waals surface area contributed by atoms with Crippen molar-refractivity contribution in [2.24, 2.45) is 0 Å². The highest BCUT2D eigenvalue weighted by atomic mass is 35.5. The summed E-state index contributed by atoms with van der Waals surface area (Å²) in [5.41, 5.74) is 2.58. The number of hydrogen-bond donors (Lipinski definition) is 0. The van der Waals surface area contributed by atoms with E-state index >= 15 is 0 Å². The van der Waals surface area contributed by atoms with Crippen molar-refractivity contribution in [3.05, 3.63) is 46.4 Å². The van der Waals surface area contributed by atoms with E-state index in [1.807, 2.05) is 36.6 Å². The Morgan fingerprint density at radius 3 is 2.70 bits per heavy atom. The van der Waals surface area contributed by atoms with Crippen LogP contribution in [0.5, 0.6) is 0 Å². The number of rotatable bonds is 3. The molecule has 1 aromatic carbocycles. The first-order chi connectivity index (χ1) is 9.60. The van der Waals surface area contributed by atoms with Crippen LogP contribution in [0.25, 0.3) is 11.0 Å². The minimum atomic E-state index is 0.309. The van der Waals surface area contributed by atoms with Crippen molar-refractivity contribution in [1.29, 1.82) is 0 Å². The van der Waals surface area contributed by atoms with Crippen LogP contribution in [-0.4, -0.2) is 14.5 Å². The third-order valence-corrected chi connectivity index (χ3v) is 3.83. The molecule has 0 radical (unpaired) electrons. The molecule has 2 aromatic heterocycles. The Bertz CT molecular complexity index is 757. The summed E-state index contributed by atoms with van der Waals surface area (Å²) in [5.74, 6) is 2.51. The molecule has 0 atom stereocenters. The summed E-state index contributed by atoms with van der Waals surface area (Å²) in [6.45, 7) is 4.29. The quantitative estimate of drug-likeness (QED) is 0.685. The number of imidazole rings is 1. The first kappa shape index (κ1) is 13.5. The van der Waals surface area contributed by atoms with Gasteiger partial charge < -0.3 is 8.98 Å². The lowest BCUT2D eigenvalue weighted by Gasteiger charge is -2.05. The fourth-order valence-corrected chi connectivity index (χ4v) is 2.68. The van der Waals surface area contributed by atoms with Gasteiger partial charge in [-0.15, -0.1) is 11.6 Å². The van der Waals surface area contributed by atoms with E-state index in [9.17, 15) is 0 Å². The van der Waals surface area contributed by atoms with Crippen LogP contribution in [0.2, 0.25) is 5.02 Å². The molecule has 3 rings (SSSR count). The highest BCUT2D eigenvalue weighted by Crippen LogP contribution is 2.26. The van der Waals surface area contributed by atoms with Crippen LogP contribution in [0, 0.1) is 13.8 Å². The molecule has 0 spiro atoms. The molecule has 6 heteroatoms. The minimum Gasteiger partial charge on any atom is -0.444 e. The first-order valence-corrected chi connectivity index (χ1v) is 7.14. The molecule has 0 aliphatic carbocycles. The standard InChI is InChI=1S/C14H13Cl2N3O/c1-8-9(2)20-13(17-8)7-19-12(6-15)18-11-5-3-4-10(16)14(11)19/h3-5H,6-7H2,1-2H3. The number of aryl methyl sites for hydroxylation is 2. The number of para-hydroxylation sites is 1. The SMILES string of the molecule is Cc1nc(Cn2c(CCl)nc3cccc(Cl)c32)oc1C. The van der Waals surface area contributed by atoms with E-state index in [0.717, 1.165) is 28.3 Å². The molecule has 0 bridgehead atoms. The lowest BCUT2D eigenvalue weighted by molar-refractivity contribution is 0.457. The lowest BCUT2D eigenvalue weighted by atomic mass is 10.3. The first-order valence-electron chi connectivity index (χ1n) is 6.22. The average molecular weight is 310 g/mol. The maximum absolute atomic E-state index is 6.28. The van der Waals surface area contributed by atoms with Crippen LogP contribution < -0.4 is 0 Å². The van der Waals surface area contributed by atoms with Crippen molar-refractivity contribution in [3.8, 4) is 0 Å². The number of aromatic nitrogens is 3. The Balaban J connectivity index is 2.14. The van der Waals surface area contributed by atoms with E-state index < -0.39 is 0 Å². The zero-order valence-corrected chi connectivity index (χ0v) is 12.7. The van der Waals surface area contributed by atoms with Crippen LogP contribution in [0.3, 0.4) is 0 Å². The van der Waals surface area contributed by atoms with Crippen molar-refractivity contribution >= 4 is 34.2 Å². The maximum Gasteiger partial charge on any atom is 0.214 e. The zero-order chi connectivity index (χ0) is 14.3. The van der Waals surface area contributed by atoms with Crippen molar-refractivity contribution in [2.75, 3.05) is 0 Å². The lowest BCUT2D eigenvalue weighted by Crippen LogP contribution is -2.04. The zero-order valence-electron chi connectivity index (χ0n) is 11.2. The fourth-order valence-electron chi connectivity index (χ4n) is 2.20. The normalized spacial score (nSPS) is 11.4. The molecule has 0 aliphatic rings. The summed E-state index contributed by atoms with van der Waals surface area (Å²) in [6, 6.07) is 5.63. The van der Waals surface area contributed by atoms with Gasteiger partial charge in [0.05, 0.1) is 27.6 Å². The van der Waals surface area contributed by atoms with Crippen molar-refractivity contribution in [3.63, 3.8) is 0 Å². The number of fused-ring (bicyclic) bond motifs is 1. The number of nitrogens with zero attached hydrogens (tertiary/aromatic N) is 3. The van der Waals surface area contributed by atoms with E-state index in [1.54, 1.807) is 0 Å². The molecule has 20 heavy (non-hydrogen) atoms. The number of oxazole rings is 1. The number of benzene rings is 1. The maximum atomic E-state index is 6.28. The van der Waals surface area contributed by atoms with Crippen LogP contribution in [0.1, 0.15) is 23.2 Å². The predicted octanol–water partition coefficient (Wildman–Crippen LogP) is 4.08.